The number of urea groups is 1. The minimum absolute atomic E-state index is 0.0341. The number of rotatable bonds is 4. The standard InChI is InChI=1S/C15H20N4O6S/c16-15(22)18-5-6-25-9-11(18)3-1-10-2-4-12(13(20)7-10)19-8-14(21)17-26(19,23)24/h2,4,7,11,20H,1,3,5-6,8-9H2,(H2,16,22)(H,17,21). The number of nitrogens with zero attached hydrogens (tertiary/aromatic N) is 2. The lowest BCUT2D eigenvalue weighted by molar-refractivity contribution is -0.117. The van der Waals surface area contributed by atoms with E-state index in [0.29, 0.717) is 32.6 Å². The first-order valence-electron chi connectivity index (χ1n) is 8.07. The molecule has 1 unspecified atom stereocenters. The van der Waals surface area contributed by atoms with Crippen molar-refractivity contribution in [1.82, 2.24) is 9.62 Å². The molecule has 3 rings (SSSR count). The molecule has 0 saturated carbocycles. The summed E-state index contributed by atoms with van der Waals surface area (Å²) in [6, 6.07) is 3.93. The summed E-state index contributed by atoms with van der Waals surface area (Å²) >= 11 is 0. The van der Waals surface area contributed by atoms with Crippen LogP contribution in [0.15, 0.2) is 18.2 Å². The van der Waals surface area contributed by atoms with Gasteiger partial charge in [0.25, 0.3) is 5.91 Å². The maximum absolute atomic E-state index is 11.9. The van der Waals surface area contributed by atoms with Gasteiger partial charge in [0.15, 0.2) is 0 Å². The van der Waals surface area contributed by atoms with Crippen molar-refractivity contribution >= 4 is 27.8 Å². The van der Waals surface area contributed by atoms with Crippen LogP contribution in [0.3, 0.4) is 0 Å². The van der Waals surface area contributed by atoms with Crippen molar-refractivity contribution in [3.8, 4) is 5.75 Å². The van der Waals surface area contributed by atoms with Crippen molar-refractivity contribution < 1.29 is 27.9 Å². The number of aryl methyl sites for hydroxylation is 1. The Morgan fingerprint density at radius 2 is 2.19 bits per heavy atom. The van der Waals surface area contributed by atoms with E-state index < -0.39 is 22.1 Å². The van der Waals surface area contributed by atoms with Crippen molar-refractivity contribution in [3.63, 3.8) is 0 Å². The molecule has 1 aromatic carbocycles. The summed E-state index contributed by atoms with van der Waals surface area (Å²) in [5, 5.41) is 10.2. The van der Waals surface area contributed by atoms with E-state index in [1.165, 1.54) is 12.1 Å². The van der Waals surface area contributed by atoms with Crippen LogP contribution in [0, 0.1) is 0 Å². The van der Waals surface area contributed by atoms with Crippen LogP contribution in [0.1, 0.15) is 12.0 Å². The van der Waals surface area contributed by atoms with Crippen LogP contribution >= 0.6 is 0 Å². The molecule has 0 radical (unpaired) electrons. The van der Waals surface area contributed by atoms with E-state index in [1.54, 1.807) is 11.0 Å². The number of anilines is 1. The predicted molar refractivity (Wildman–Crippen MR) is 91.7 cm³/mol. The van der Waals surface area contributed by atoms with Gasteiger partial charge >= 0.3 is 16.2 Å². The van der Waals surface area contributed by atoms with Gasteiger partial charge in [-0.3, -0.25) is 4.79 Å². The molecule has 0 spiro atoms. The second kappa shape index (κ2) is 7.00. The van der Waals surface area contributed by atoms with Crippen molar-refractivity contribution in [1.29, 1.82) is 0 Å². The minimum Gasteiger partial charge on any atom is -0.506 e. The third-order valence-corrected chi connectivity index (χ3v) is 5.80. The lowest BCUT2D eigenvalue weighted by Crippen LogP contribution is -2.51. The smallest absolute Gasteiger partial charge is 0.326 e. The third-order valence-electron chi connectivity index (χ3n) is 4.41. The van der Waals surface area contributed by atoms with Gasteiger partial charge < -0.3 is 20.5 Å². The highest BCUT2D eigenvalue weighted by Gasteiger charge is 2.35. The Hall–Kier alpha value is -2.53. The molecule has 142 valence electrons. The van der Waals surface area contributed by atoms with Gasteiger partial charge in [-0.2, -0.15) is 8.42 Å². The normalized spacial score (nSPS) is 22.3. The zero-order chi connectivity index (χ0) is 18.9. The molecule has 1 aromatic rings. The summed E-state index contributed by atoms with van der Waals surface area (Å²) in [4.78, 5) is 24.3. The Morgan fingerprint density at radius 1 is 1.42 bits per heavy atom. The van der Waals surface area contributed by atoms with Gasteiger partial charge in [0, 0.05) is 6.54 Å². The number of carbonyl (C=O) groups excluding carboxylic acids is 2. The van der Waals surface area contributed by atoms with Crippen molar-refractivity contribution in [3.05, 3.63) is 23.8 Å². The molecule has 2 aliphatic heterocycles. The molecule has 0 aromatic heterocycles. The minimum atomic E-state index is -3.97. The molecule has 4 N–H and O–H groups in total. The van der Waals surface area contributed by atoms with Crippen LogP contribution < -0.4 is 14.8 Å². The zero-order valence-electron chi connectivity index (χ0n) is 13.9. The van der Waals surface area contributed by atoms with E-state index in [-0.39, 0.29) is 24.0 Å². The summed E-state index contributed by atoms with van der Waals surface area (Å²) in [6.45, 7) is 0.916. The summed E-state index contributed by atoms with van der Waals surface area (Å²) in [5.41, 5.74) is 6.17. The summed E-state index contributed by atoms with van der Waals surface area (Å²) in [6.07, 6.45) is 1.12. The number of amides is 3. The highest BCUT2D eigenvalue weighted by molar-refractivity contribution is 7.92. The number of nitrogens with two attached hydrogens (primary N) is 1. The number of primary amides is 1. The van der Waals surface area contributed by atoms with E-state index in [4.69, 9.17) is 10.5 Å². The number of hydrogen-bond acceptors (Lipinski definition) is 6. The van der Waals surface area contributed by atoms with E-state index in [0.717, 1.165) is 9.87 Å². The molecular formula is C15H20N4O6S. The fourth-order valence-corrected chi connectivity index (χ4v) is 4.28. The highest BCUT2D eigenvalue weighted by atomic mass is 32.2. The molecular weight excluding hydrogens is 364 g/mol. The number of benzene rings is 1. The molecule has 2 heterocycles. The first kappa shape index (κ1) is 18.3. The average molecular weight is 384 g/mol. The zero-order valence-corrected chi connectivity index (χ0v) is 14.7. The van der Waals surface area contributed by atoms with Gasteiger partial charge in [-0.05, 0) is 30.5 Å². The predicted octanol–water partition coefficient (Wildman–Crippen LogP) is -0.715. The van der Waals surface area contributed by atoms with Gasteiger partial charge in [0.05, 0.1) is 24.9 Å². The molecule has 2 saturated heterocycles. The number of ether oxygens (including phenoxy) is 1. The summed E-state index contributed by atoms with van der Waals surface area (Å²) < 4.78 is 31.8. The molecule has 1 atom stereocenters. The first-order chi connectivity index (χ1) is 12.3. The van der Waals surface area contributed by atoms with Crippen molar-refractivity contribution in [2.75, 3.05) is 30.6 Å². The van der Waals surface area contributed by atoms with Gasteiger partial charge in [-0.1, -0.05) is 6.07 Å². The molecule has 2 aliphatic rings. The lowest BCUT2D eigenvalue weighted by Gasteiger charge is -2.34. The van der Waals surface area contributed by atoms with E-state index in [1.807, 2.05) is 4.72 Å². The van der Waals surface area contributed by atoms with Gasteiger partial charge in [0.2, 0.25) is 0 Å². The van der Waals surface area contributed by atoms with Crippen molar-refractivity contribution in [2.45, 2.75) is 18.9 Å². The molecule has 0 bridgehead atoms. The lowest BCUT2D eigenvalue weighted by atomic mass is 10.0. The monoisotopic (exact) mass is 384 g/mol. The second-order valence-electron chi connectivity index (χ2n) is 6.16. The number of morpholine rings is 1. The number of phenolic OH excluding ortho intramolecular Hbond substituents is 1. The average Bonchev–Trinajstić information content (AvgIpc) is 2.85. The van der Waals surface area contributed by atoms with Gasteiger partial charge in [-0.15, -0.1) is 0 Å². The Labute approximate surface area is 150 Å². The fourth-order valence-electron chi connectivity index (χ4n) is 3.11. The molecule has 2 fully saturated rings. The highest BCUT2D eigenvalue weighted by Crippen LogP contribution is 2.31. The van der Waals surface area contributed by atoms with Crippen LogP contribution in [-0.4, -0.2) is 62.7 Å². The summed E-state index contributed by atoms with van der Waals surface area (Å²) in [7, 11) is -3.97. The van der Waals surface area contributed by atoms with Crippen LogP contribution in [0.5, 0.6) is 5.75 Å². The van der Waals surface area contributed by atoms with E-state index in [2.05, 4.69) is 0 Å². The van der Waals surface area contributed by atoms with Crippen LogP contribution in [0.4, 0.5) is 10.5 Å². The number of nitrogens with one attached hydrogen (secondary N) is 1. The Bertz CT molecular complexity index is 827. The third kappa shape index (κ3) is 3.68. The van der Waals surface area contributed by atoms with E-state index in [9.17, 15) is 23.1 Å². The number of hydrogen-bond donors (Lipinski definition) is 3. The van der Waals surface area contributed by atoms with Gasteiger partial charge in [-0.25, -0.2) is 13.8 Å². The van der Waals surface area contributed by atoms with Crippen LogP contribution in [-0.2, 0) is 26.2 Å². The quantitative estimate of drug-likeness (QED) is 0.626. The second-order valence-corrected chi connectivity index (χ2v) is 7.75. The van der Waals surface area contributed by atoms with E-state index >= 15 is 0 Å². The number of carbonyl (C=O) groups is 2. The maximum atomic E-state index is 11.9. The van der Waals surface area contributed by atoms with Crippen LogP contribution in [0.25, 0.3) is 0 Å². The molecule has 3 amide bonds. The Morgan fingerprint density at radius 3 is 2.81 bits per heavy atom. The Kier molecular flexibility index (Phi) is 4.92. The molecule has 0 aliphatic carbocycles. The largest absolute Gasteiger partial charge is 0.506 e. The maximum Gasteiger partial charge on any atom is 0.326 e. The molecule has 26 heavy (non-hydrogen) atoms. The number of aromatic hydroxyl groups is 1. The van der Waals surface area contributed by atoms with Crippen LogP contribution in [0.2, 0.25) is 0 Å². The first-order valence-corrected chi connectivity index (χ1v) is 9.51. The molecule has 11 heteroatoms. The number of phenols is 1. The fraction of sp³-hybridized carbons (Fsp3) is 0.467. The SMILES string of the molecule is NC(=O)N1CCOCC1CCc1ccc(N2CC(=O)NS2(=O)=O)c(O)c1. The van der Waals surface area contributed by atoms with Crippen molar-refractivity contribution in [2.24, 2.45) is 5.73 Å². The summed E-state index contributed by atoms with van der Waals surface area (Å²) in [5.74, 6) is -0.897. The Balaban J connectivity index is 1.70. The topological polar surface area (TPSA) is 142 Å². The van der Waals surface area contributed by atoms with Gasteiger partial charge in [0.1, 0.15) is 12.3 Å². The molecule has 10 nitrogen and oxygen atoms in total.